The second kappa shape index (κ2) is 6.55. The summed E-state index contributed by atoms with van der Waals surface area (Å²) in [4.78, 5) is 12.3. The number of carbonyl (C=O) groups excluding carboxylic acids is 1. The van der Waals surface area contributed by atoms with Crippen molar-refractivity contribution < 1.29 is 9.53 Å². The van der Waals surface area contributed by atoms with E-state index in [-0.39, 0.29) is 5.78 Å². The number of hydrogen-bond acceptors (Lipinski definition) is 3. The van der Waals surface area contributed by atoms with Gasteiger partial charge >= 0.3 is 0 Å². The standard InChI is InChI=1S/C16H16ClNO2/c1-20-15-10-12(7-8-13(15)17)16(19)14(18)9-11-5-3-2-4-6-11/h2-8,10,14H,9,18H2,1H3. The van der Waals surface area contributed by atoms with Crippen molar-refractivity contribution in [2.45, 2.75) is 12.5 Å². The maximum Gasteiger partial charge on any atom is 0.179 e. The van der Waals surface area contributed by atoms with Crippen LogP contribution in [0.3, 0.4) is 0 Å². The van der Waals surface area contributed by atoms with E-state index in [0.717, 1.165) is 5.56 Å². The summed E-state index contributed by atoms with van der Waals surface area (Å²) in [6.07, 6.45) is 0.505. The minimum atomic E-state index is -0.580. The summed E-state index contributed by atoms with van der Waals surface area (Å²) in [5.74, 6) is 0.355. The van der Waals surface area contributed by atoms with Gasteiger partial charge in [-0.3, -0.25) is 4.79 Å². The Bertz CT molecular complexity index is 599. The lowest BCUT2D eigenvalue weighted by atomic mass is 9.98. The molecule has 0 radical (unpaired) electrons. The molecular weight excluding hydrogens is 274 g/mol. The van der Waals surface area contributed by atoms with Crippen LogP contribution in [0.25, 0.3) is 0 Å². The van der Waals surface area contributed by atoms with E-state index in [9.17, 15) is 4.79 Å². The van der Waals surface area contributed by atoms with Crippen molar-refractivity contribution in [2.24, 2.45) is 5.73 Å². The zero-order chi connectivity index (χ0) is 14.5. The van der Waals surface area contributed by atoms with Crippen LogP contribution < -0.4 is 10.5 Å². The van der Waals surface area contributed by atoms with Crippen LogP contribution in [0.5, 0.6) is 5.75 Å². The fourth-order valence-corrected chi connectivity index (χ4v) is 2.18. The Labute approximate surface area is 123 Å². The molecule has 2 N–H and O–H groups in total. The third-order valence-corrected chi connectivity index (χ3v) is 3.38. The molecule has 1 unspecified atom stereocenters. The monoisotopic (exact) mass is 289 g/mol. The van der Waals surface area contributed by atoms with Crippen LogP contribution in [0.15, 0.2) is 48.5 Å². The van der Waals surface area contributed by atoms with E-state index in [4.69, 9.17) is 22.1 Å². The molecule has 4 heteroatoms. The van der Waals surface area contributed by atoms with Crippen LogP contribution in [0.1, 0.15) is 15.9 Å². The molecular formula is C16H16ClNO2. The third-order valence-electron chi connectivity index (χ3n) is 3.07. The van der Waals surface area contributed by atoms with Crippen LogP contribution in [-0.2, 0) is 6.42 Å². The molecule has 1 atom stereocenters. The van der Waals surface area contributed by atoms with Crippen LogP contribution in [0, 0.1) is 0 Å². The summed E-state index contributed by atoms with van der Waals surface area (Å²) in [5.41, 5.74) is 7.53. The molecule has 20 heavy (non-hydrogen) atoms. The molecule has 0 aliphatic rings. The van der Waals surface area contributed by atoms with Gasteiger partial charge in [0.1, 0.15) is 5.75 Å². The zero-order valence-electron chi connectivity index (χ0n) is 11.2. The largest absolute Gasteiger partial charge is 0.495 e. The highest BCUT2D eigenvalue weighted by Gasteiger charge is 2.17. The molecule has 0 amide bonds. The number of benzene rings is 2. The first-order valence-electron chi connectivity index (χ1n) is 6.29. The minimum absolute atomic E-state index is 0.121. The SMILES string of the molecule is COc1cc(C(=O)C(N)Cc2ccccc2)ccc1Cl. The number of ether oxygens (including phenoxy) is 1. The van der Waals surface area contributed by atoms with Gasteiger partial charge in [-0.2, -0.15) is 0 Å². The number of Topliss-reactive ketones (excluding diaryl/α,β-unsaturated/α-hetero) is 1. The summed E-state index contributed by atoms with van der Waals surface area (Å²) >= 11 is 5.94. The highest BCUT2D eigenvalue weighted by molar-refractivity contribution is 6.32. The Morgan fingerprint density at radius 2 is 1.95 bits per heavy atom. The summed E-state index contributed by atoms with van der Waals surface area (Å²) in [6, 6.07) is 14.0. The van der Waals surface area contributed by atoms with E-state index in [1.54, 1.807) is 18.2 Å². The van der Waals surface area contributed by atoms with Crippen molar-refractivity contribution in [3.05, 3.63) is 64.7 Å². The quantitative estimate of drug-likeness (QED) is 0.861. The van der Waals surface area contributed by atoms with Crippen LogP contribution >= 0.6 is 11.6 Å². The van der Waals surface area contributed by atoms with Crippen molar-refractivity contribution in [1.82, 2.24) is 0 Å². The highest BCUT2D eigenvalue weighted by Crippen LogP contribution is 2.25. The topological polar surface area (TPSA) is 52.3 Å². The van der Waals surface area contributed by atoms with E-state index in [1.165, 1.54) is 7.11 Å². The van der Waals surface area contributed by atoms with Crippen molar-refractivity contribution >= 4 is 17.4 Å². The third kappa shape index (κ3) is 3.38. The molecule has 2 rings (SSSR count). The smallest absolute Gasteiger partial charge is 0.179 e. The van der Waals surface area contributed by atoms with Crippen molar-refractivity contribution in [1.29, 1.82) is 0 Å². The lowest BCUT2D eigenvalue weighted by molar-refractivity contribution is 0.0960. The average Bonchev–Trinajstić information content (AvgIpc) is 2.48. The average molecular weight is 290 g/mol. The predicted octanol–water partition coefficient (Wildman–Crippen LogP) is 3.10. The van der Waals surface area contributed by atoms with Gasteiger partial charge in [-0.05, 0) is 30.2 Å². The molecule has 104 valence electrons. The van der Waals surface area contributed by atoms with Gasteiger partial charge < -0.3 is 10.5 Å². The fraction of sp³-hybridized carbons (Fsp3) is 0.188. The molecule has 0 heterocycles. The molecule has 0 saturated carbocycles. The van der Waals surface area contributed by atoms with E-state index in [0.29, 0.717) is 22.8 Å². The van der Waals surface area contributed by atoms with Gasteiger partial charge in [0.2, 0.25) is 0 Å². The second-order valence-electron chi connectivity index (χ2n) is 4.51. The number of rotatable bonds is 5. The van der Waals surface area contributed by atoms with E-state index < -0.39 is 6.04 Å². The first-order valence-corrected chi connectivity index (χ1v) is 6.67. The Morgan fingerprint density at radius 1 is 1.25 bits per heavy atom. The van der Waals surface area contributed by atoms with Crippen LogP contribution in [-0.4, -0.2) is 18.9 Å². The van der Waals surface area contributed by atoms with Gasteiger partial charge in [0.15, 0.2) is 5.78 Å². The molecule has 0 fully saturated rings. The summed E-state index contributed by atoms with van der Waals surface area (Å²) in [6.45, 7) is 0. The van der Waals surface area contributed by atoms with Gasteiger partial charge in [-0.15, -0.1) is 0 Å². The van der Waals surface area contributed by atoms with E-state index in [2.05, 4.69) is 0 Å². The van der Waals surface area contributed by atoms with Gasteiger partial charge in [-0.1, -0.05) is 41.9 Å². The van der Waals surface area contributed by atoms with Crippen molar-refractivity contribution in [3.63, 3.8) is 0 Å². The van der Waals surface area contributed by atoms with Gasteiger partial charge in [0.05, 0.1) is 18.2 Å². The molecule has 0 aliphatic heterocycles. The molecule has 0 aromatic heterocycles. The summed E-state index contributed by atoms with van der Waals surface area (Å²) < 4.78 is 5.11. The molecule has 0 aliphatic carbocycles. The number of halogens is 1. The first-order chi connectivity index (χ1) is 9.61. The molecule has 3 nitrogen and oxygen atoms in total. The molecule has 2 aromatic carbocycles. The first kappa shape index (κ1) is 14.6. The summed E-state index contributed by atoms with van der Waals surface area (Å²) in [7, 11) is 1.51. The number of hydrogen-bond donors (Lipinski definition) is 1. The predicted molar refractivity (Wildman–Crippen MR) is 80.5 cm³/mol. The van der Waals surface area contributed by atoms with E-state index >= 15 is 0 Å². The molecule has 0 saturated heterocycles. The van der Waals surface area contributed by atoms with Gasteiger partial charge in [0.25, 0.3) is 0 Å². The molecule has 0 bridgehead atoms. The van der Waals surface area contributed by atoms with Gasteiger partial charge in [-0.25, -0.2) is 0 Å². The maximum atomic E-state index is 12.3. The molecule has 2 aromatic rings. The minimum Gasteiger partial charge on any atom is -0.495 e. The maximum absolute atomic E-state index is 12.3. The van der Waals surface area contributed by atoms with Gasteiger partial charge in [0, 0.05) is 5.56 Å². The van der Waals surface area contributed by atoms with Crippen LogP contribution in [0.4, 0.5) is 0 Å². The van der Waals surface area contributed by atoms with Crippen molar-refractivity contribution in [2.75, 3.05) is 7.11 Å². The number of carbonyl (C=O) groups is 1. The Balaban J connectivity index is 2.14. The fourth-order valence-electron chi connectivity index (χ4n) is 1.99. The number of methoxy groups -OCH3 is 1. The lowest BCUT2D eigenvalue weighted by Crippen LogP contribution is -2.32. The zero-order valence-corrected chi connectivity index (χ0v) is 11.9. The molecule has 0 spiro atoms. The Morgan fingerprint density at radius 3 is 2.60 bits per heavy atom. The van der Waals surface area contributed by atoms with Crippen molar-refractivity contribution in [3.8, 4) is 5.75 Å². The lowest BCUT2D eigenvalue weighted by Gasteiger charge is -2.12. The Hall–Kier alpha value is -1.84. The Kier molecular flexibility index (Phi) is 4.77. The highest BCUT2D eigenvalue weighted by atomic mass is 35.5. The number of nitrogens with two attached hydrogens (primary N) is 1. The summed E-state index contributed by atoms with van der Waals surface area (Å²) in [5, 5.41) is 0.473. The second-order valence-corrected chi connectivity index (χ2v) is 4.92. The van der Waals surface area contributed by atoms with Crippen LogP contribution in [0.2, 0.25) is 5.02 Å². The number of ketones is 1. The van der Waals surface area contributed by atoms with E-state index in [1.807, 2.05) is 30.3 Å². The normalized spacial score (nSPS) is 11.9.